The van der Waals surface area contributed by atoms with Gasteiger partial charge in [0.1, 0.15) is 5.82 Å². The van der Waals surface area contributed by atoms with E-state index in [1.807, 2.05) is 30.3 Å². The molecule has 0 amide bonds. The fourth-order valence-corrected chi connectivity index (χ4v) is 3.50. The second kappa shape index (κ2) is 7.81. The van der Waals surface area contributed by atoms with E-state index in [0.29, 0.717) is 28.0 Å². The Labute approximate surface area is 174 Å². The normalized spacial score (nSPS) is 11.2. The van der Waals surface area contributed by atoms with Gasteiger partial charge in [0.2, 0.25) is 0 Å². The number of para-hydroxylation sites is 2. The van der Waals surface area contributed by atoms with Crippen LogP contribution in [0.25, 0.3) is 28.7 Å². The number of hydrogen-bond acceptors (Lipinski definition) is 4. The summed E-state index contributed by atoms with van der Waals surface area (Å²) in [6.45, 7) is 0. The van der Waals surface area contributed by atoms with Crippen LogP contribution < -0.4 is 5.56 Å². The Balaban J connectivity index is 1.93. The monoisotopic (exact) mass is 447 g/mol. The van der Waals surface area contributed by atoms with Crippen molar-refractivity contribution < 1.29 is 4.92 Å². The first-order chi connectivity index (χ1) is 14.0. The molecule has 29 heavy (non-hydrogen) atoms. The van der Waals surface area contributed by atoms with Crippen LogP contribution in [-0.2, 0) is 0 Å². The Hall–Kier alpha value is -3.58. The maximum Gasteiger partial charge on any atom is 0.270 e. The highest BCUT2D eigenvalue weighted by Crippen LogP contribution is 2.23. The number of nitrogens with zero attached hydrogens (tertiary/aromatic N) is 3. The molecule has 6 nitrogen and oxygen atoms in total. The molecular formula is C22H14BrN3O3. The molecule has 0 spiro atoms. The molecule has 0 radical (unpaired) electrons. The number of nitro benzene ring substituents is 1. The highest BCUT2D eigenvalue weighted by atomic mass is 79.9. The van der Waals surface area contributed by atoms with Gasteiger partial charge in [-0.2, -0.15) is 0 Å². The number of halogens is 1. The molecule has 3 aromatic carbocycles. The third kappa shape index (κ3) is 3.72. The van der Waals surface area contributed by atoms with Crippen LogP contribution in [0.4, 0.5) is 5.69 Å². The van der Waals surface area contributed by atoms with E-state index < -0.39 is 4.92 Å². The number of non-ortho nitro benzene ring substituents is 1. The molecule has 1 heterocycles. The minimum Gasteiger partial charge on any atom is -0.268 e. The third-order valence-electron chi connectivity index (χ3n) is 4.40. The largest absolute Gasteiger partial charge is 0.270 e. The Bertz CT molecular complexity index is 1330. The zero-order chi connectivity index (χ0) is 20.4. The molecule has 1 aromatic heterocycles. The number of rotatable bonds is 4. The van der Waals surface area contributed by atoms with Crippen molar-refractivity contribution in [3.05, 3.63) is 109 Å². The van der Waals surface area contributed by atoms with E-state index in [9.17, 15) is 14.9 Å². The number of nitro groups is 1. The van der Waals surface area contributed by atoms with Crippen LogP contribution in [-0.4, -0.2) is 14.5 Å². The Morgan fingerprint density at radius 2 is 1.72 bits per heavy atom. The Kier molecular flexibility index (Phi) is 5.05. The van der Waals surface area contributed by atoms with Gasteiger partial charge >= 0.3 is 0 Å². The van der Waals surface area contributed by atoms with Crippen molar-refractivity contribution in [3.63, 3.8) is 0 Å². The van der Waals surface area contributed by atoms with Crippen LogP contribution in [0.1, 0.15) is 11.4 Å². The van der Waals surface area contributed by atoms with Crippen LogP contribution in [0, 0.1) is 10.1 Å². The molecule has 4 rings (SSSR count). The molecule has 0 atom stereocenters. The molecule has 0 aliphatic carbocycles. The average molecular weight is 448 g/mol. The van der Waals surface area contributed by atoms with Gasteiger partial charge < -0.3 is 0 Å². The second-order valence-electron chi connectivity index (χ2n) is 6.26. The molecule has 0 fully saturated rings. The van der Waals surface area contributed by atoms with Crippen LogP contribution in [0.5, 0.6) is 0 Å². The van der Waals surface area contributed by atoms with Crippen molar-refractivity contribution in [2.24, 2.45) is 0 Å². The first kappa shape index (κ1) is 18.8. The summed E-state index contributed by atoms with van der Waals surface area (Å²) in [5.41, 5.74) is 1.69. The van der Waals surface area contributed by atoms with E-state index in [2.05, 4.69) is 20.9 Å². The van der Waals surface area contributed by atoms with Crippen molar-refractivity contribution in [3.8, 4) is 5.69 Å². The summed E-state index contributed by atoms with van der Waals surface area (Å²) in [4.78, 5) is 28.5. The van der Waals surface area contributed by atoms with Gasteiger partial charge in [0.05, 0.1) is 21.5 Å². The summed E-state index contributed by atoms with van der Waals surface area (Å²) in [7, 11) is 0. The summed E-state index contributed by atoms with van der Waals surface area (Å²) in [6.07, 6.45) is 3.39. The van der Waals surface area contributed by atoms with Gasteiger partial charge in [0.15, 0.2) is 0 Å². The third-order valence-corrected chi connectivity index (χ3v) is 5.07. The van der Waals surface area contributed by atoms with Gasteiger partial charge in [-0.05, 0) is 51.8 Å². The van der Waals surface area contributed by atoms with E-state index in [1.54, 1.807) is 42.5 Å². The Morgan fingerprint density at radius 1 is 0.966 bits per heavy atom. The number of aromatic nitrogens is 2. The summed E-state index contributed by atoms with van der Waals surface area (Å²) in [5.74, 6) is 0.423. The molecule has 0 unspecified atom stereocenters. The lowest BCUT2D eigenvalue weighted by atomic mass is 10.2. The average Bonchev–Trinajstić information content (AvgIpc) is 2.73. The highest BCUT2D eigenvalue weighted by molar-refractivity contribution is 9.10. The van der Waals surface area contributed by atoms with E-state index in [-0.39, 0.29) is 11.2 Å². The molecule has 0 saturated carbocycles. The minimum absolute atomic E-state index is 0.00168. The van der Waals surface area contributed by atoms with Gasteiger partial charge in [-0.3, -0.25) is 19.5 Å². The Morgan fingerprint density at radius 3 is 2.52 bits per heavy atom. The lowest BCUT2D eigenvalue weighted by Crippen LogP contribution is -2.22. The van der Waals surface area contributed by atoms with Gasteiger partial charge in [-0.25, -0.2) is 4.98 Å². The topological polar surface area (TPSA) is 78.0 Å². The fraction of sp³-hybridized carbons (Fsp3) is 0. The lowest BCUT2D eigenvalue weighted by molar-refractivity contribution is -0.384. The zero-order valence-corrected chi connectivity index (χ0v) is 16.6. The first-order valence-corrected chi connectivity index (χ1v) is 9.53. The van der Waals surface area contributed by atoms with Crippen LogP contribution >= 0.6 is 15.9 Å². The van der Waals surface area contributed by atoms with E-state index in [0.717, 1.165) is 4.47 Å². The summed E-state index contributed by atoms with van der Waals surface area (Å²) >= 11 is 3.50. The first-order valence-electron chi connectivity index (χ1n) is 8.74. The standard InChI is InChI=1S/C22H14BrN3O3/c23-18-9-2-4-11-20(18)25-21(24-19-10-3-1-8-17(19)22(25)27)13-12-15-6-5-7-16(14-15)26(28)29/h1-14H. The van der Waals surface area contributed by atoms with Crippen molar-refractivity contribution in [2.45, 2.75) is 0 Å². The van der Waals surface area contributed by atoms with Crippen LogP contribution in [0.15, 0.2) is 82.1 Å². The quantitative estimate of drug-likeness (QED) is 0.317. The highest BCUT2D eigenvalue weighted by Gasteiger charge is 2.13. The van der Waals surface area contributed by atoms with Crippen molar-refractivity contribution in [1.29, 1.82) is 0 Å². The van der Waals surface area contributed by atoms with Crippen molar-refractivity contribution in [1.82, 2.24) is 9.55 Å². The van der Waals surface area contributed by atoms with E-state index in [4.69, 9.17) is 0 Å². The predicted molar refractivity (Wildman–Crippen MR) is 117 cm³/mol. The summed E-state index contributed by atoms with van der Waals surface area (Å²) in [6, 6.07) is 20.8. The minimum atomic E-state index is -0.442. The van der Waals surface area contributed by atoms with Crippen LogP contribution in [0.3, 0.4) is 0 Å². The molecule has 0 saturated heterocycles. The second-order valence-corrected chi connectivity index (χ2v) is 7.12. The molecular weight excluding hydrogens is 434 g/mol. The van der Waals surface area contributed by atoms with Gasteiger partial charge in [0.25, 0.3) is 11.2 Å². The lowest BCUT2D eigenvalue weighted by Gasteiger charge is -2.13. The maximum atomic E-state index is 13.2. The molecule has 0 aliphatic heterocycles. The zero-order valence-electron chi connectivity index (χ0n) is 15.0. The molecule has 0 N–H and O–H groups in total. The molecule has 0 aliphatic rings. The van der Waals surface area contributed by atoms with E-state index in [1.165, 1.54) is 16.7 Å². The van der Waals surface area contributed by atoms with Crippen molar-refractivity contribution in [2.75, 3.05) is 0 Å². The smallest absolute Gasteiger partial charge is 0.268 e. The van der Waals surface area contributed by atoms with Crippen molar-refractivity contribution >= 4 is 44.7 Å². The number of fused-ring (bicyclic) bond motifs is 1. The van der Waals surface area contributed by atoms with E-state index >= 15 is 0 Å². The fourth-order valence-electron chi connectivity index (χ4n) is 3.04. The molecule has 0 bridgehead atoms. The van der Waals surface area contributed by atoms with Gasteiger partial charge in [-0.1, -0.05) is 42.5 Å². The SMILES string of the molecule is O=c1c2ccccc2nc(C=Cc2cccc([N+](=O)[O-])c2)n1-c1ccccc1Br. The van der Waals surface area contributed by atoms with Gasteiger partial charge in [0, 0.05) is 16.6 Å². The van der Waals surface area contributed by atoms with Crippen LogP contribution in [0.2, 0.25) is 0 Å². The molecule has 4 aromatic rings. The molecule has 7 heteroatoms. The predicted octanol–water partition coefficient (Wildman–Crippen LogP) is 5.23. The van der Waals surface area contributed by atoms with Gasteiger partial charge in [-0.15, -0.1) is 0 Å². The maximum absolute atomic E-state index is 13.2. The summed E-state index contributed by atoms with van der Waals surface area (Å²) in [5, 5.41) is 11.5. The summed E-state index contributed by atoms with van der Waals surface area (Å²) < 4.78 is 2.28. The number of benzene rings is 3. The number of hydrogen-bond donors (Lipinski definition) is 0. The molecule has 142 valence electrons.